The summed E-state index contributed by atoms with van der Waals surface area (Å²) in [5.74, 6) is -0.976. The highest BCUT2D eigenvalue weighted by Gasteiger charge is 2.17. The normalized spacial score (nSPS) is 9.94. The van der Waals surface area contributed by atoms with Crippen LogP contribution in [0.5, 0.6) is 0 Å². The van der Waals surface area contributed by atoms with Crippen LogP contribution < -0.4 is 0 Å². The lowest BCUT2D eigenvalue weighted by Crippen LogP contribution is -2.44. The van der Waals surface area contributed by atoms with Crippen LogP contribution in [0, 0.1) is 0 Å². The van der Waals surface area contributed by atoms with Crippen LogP contribution in [0.25, 0.3) is 0 Å². The first-order chi connectivity index (χ1) is 7.52. The summed E-state index contributed by atoms with van der Waals surface area (Å²) in [5, 5.41) is 25.9. The molecule has 16 heavy (non-hydrogen) atoms. The molecule has 0 atom stereocenters. The van der Waals surface area contributed by atoms with E-state index in [1.54, 1.807) is 0 Å². The fourth-order valence-electron chi connectivity index (χ4n) is 1.14. The lowest BCUT2D eigenvalue weighted by molar-refractivity contribution is -0.137. The Kier molecular flexibility index (Phi) is 7.23. The maximum Gasteiger partial charge on any atom is 0.319 e. The van der Waals surface area contributed by atoms with Crippen molar-refractivity contribution in [1.29, 1.82) is 0 Å². The van der Waals surface area contributed by atoms with E-state index in [0.717, 1.165) is 0 Å². The van der Waals surface area contributed by atoms with Gasteiger partial charge in [0.05, 0.1) is 19.6 Å². The van der Waals surface area contributed by atoms with Gasteiger partial charge in [0.15, 0.2) is 0 Å². The second-order valence-corrected chi connectivity index (χ2v) is 3.28. The van der Waals surface area contributed by atoms with Gasteiger partial charge >= 0.3 is 12.0 Å². The molecule has 0 fully saturated rings. The third-order valence-corrected chi connectivity index (χ3v) is 2.00. The summed E-state index contributed by atoms with van der Waals surface area (Å²) in [6, 6.07) is -0.399. The molecule has 0 spiro atoms. The Morgan fingerprint density at radius 2 is 1.56 bits per heavy atom. The second kappa shape index (κ2) is 7.89. The maximum absolute atomic E-state index is 11.7. The predicted octanol–water partition coefficient (Wildman–Crippen LogP) is -1.20. The summed E-state index contributed by atoms with van der Waals surface area (Å²) in [6.45, 7) is -0.0494. The number of carbonyl (C=O) groups is 2. The monoisotopic (exact) mass is 234 g/mol. The molecule has 94 valence electrons. The first kappa shape index (κ1) is 14.7. The van der Waals surface area contributed by atoms with Gasteiger partial charge in [-0.2, -0.15) is 0 Å². The maximum atomic E-state index is 11.7. The molecule has 0 heterocycles. The van der Waals surface area contributed by atoms with E-state index in [4.69, 9.17) is 15.3 Å². The zero-order valence-electron chi connectivity index (χ0n) is 9.30. The first-order valence-electron chi connectivity index (χ1n) is 4.96. The molecule has 7 nitrogen and oxygen atoms in total. The van der Waals surface area contributed by atoms with Crippen molar-refractivity contribution >= 4 is 12.0 Å². The van der Waals surface area contributed by atoms with Crippen LogP contribution in [0.2, 0.25) is 0 Å². The van der Waals surface area contributed by atoms with E-state index in [9.17, 15) is 9.59 Å². The number of aliphatic carboxylic acids is 1. The molecule has 0 radical (unpaired) electrons. The highest BCUT2D eigenvalue weighted by atomic mass is 16.4. The van der Waals surface area contributed by atoms with E-state index in [-0.39, 0.29) is 39.3 Å². The highest BCUT2D eigenvalue weighted by Crippen LogP contribution is 1.98. The van der Waals surface area contributed by atoms with E-state index in [0.29, 0.717) is 0 Å². The molecule has 0 aliphatic heterocycles. The van der Waals surface area contributed by atoms with E-state index >= 15 is 0 Å². The van der Waals surface area contributed by atoms with Crippen molar-refractivity contribution in [3.8, 4) is 0 Å². The van der Waals surface area contributed by atoms with Crippen LogP contribution in [0.4, 0.5) is 4.79 Å². The van der Waals surface area contributed by atoms with Crippen molar-refractivity contribution in [1.82, 2.24) is 9.80 Å². The molecule has 0 unspecified atom stereocenters. The summed E-state index contributed by atoms with van der Waals surface area (Å²) in [6.07, 6.45) is -0.131. The lowest BCUT2D eigenvalue weighted by atomic mass is 10.4. The van der Waals surface area contributed by atoms with E-state index < -0.39 is 12.0 Å². The van der Waals surface area contributed by atoms with Crippen LogP contribution in [0.3, 0.4) is 0 Å². The van der Waals surface area contributed by atoms with Crippen LogP contribution in [0.15, 0.2) is 0 Å². The Bertz CT molecular complexity index is 228. The predicted molar refractivity (Wildman–Crippen MR) is 56.0 cm³/mol. The molecule has 0 saturated heterocycles. The number of carboxylic acid groups (broad SMARTS) is 1. The van der Waals surface area contributed by atoms with Crippen molar-refractivity contribution in [2.45, 2.75) is 6.42 Å². The molecule has 0 aliphatic carbocycles. The van der Waals surface area contributed by atoms with Crippen LogP contribution >= 0.6 is 0 Å². The van der Waals surface area contributed by atoms with Gasteiger partial charge in [0.1, 0.15) is 0 Å². The average Bonchev–Trinajstić information content (AvgIpc) is 2.24. The van der Waals surface area contributed by atoms with E-state index in [1.807, 2.05) is 0 Å². The minimum atomic E-state index is -0.976. The Morgan fingerprint density at radius 3 is 1.94 bits per heavy atom. The highest BCUT2D eigenvalue weighted by molar-refractivity contribution is 5.75. The number of aliphatic hydroxyl groups is 2. The third-order valence-electron chi connectivity index (χ3n) is 2.00. The standard InChI is InChI=1S/C9H18N2O5/c1-10(3-2-8(14)15)9(16)11(4-6-12)5-7-13/h12-13H,2-7H2,1H3,(H,14,15). The quantitative estimate of drug-likeness (QED) is 0.513. The van der Waals surface area contributed by atoms with Gasteiger partial charge in [-0.15, -0.1) is 0 Å². The Hall–Kier alpha value is -1.34. The second-order valence-electron chi connectivity index (χ2n) is 3.28. The number of hydrogen-bond acceptors (Lipinski definition) is 4. The average molecular weight is 234 g/mol. The molecule has 0 aromatic carbocycles. The van der Waals surface area contributed by atoms with Gasteiger partial charge in [-0.05, 0) is 0 Å². The molecule has 0 aromatic heterocycles. The largest absolute Gasteiger partial charge is 0.481 e. The number of carbonyl (C=O) groups excluding carboxylic acids is 1. The smallest absolute Gasteiger partial charge is 0.319 e. The molecule has 7 heteroatoms. The number of rotatable bonds is 7. The summed E-state index contributed by atoms with van der Waals surface area (Å²) in [4.78, 5) is 24.5. The number of urea groups is 1. The van der Waals surface area contributed by atoms with Crippen molar-refractivity contribution in [2.75, 3.05) is 39.9 Å². The molecule has 2 amide bonds. The van der Waals surface area contributed by atoms with Gasteiger partial charge in [0.25, 0.3) is 0 Å². The van der Waals surface area contributed by atoms with Crippen molar-refractivity contribution in [3.63, 3.8) is 0 Å². The fourth-order valence-corrected chi connectivity index (χ4v) is 1.14. The third kappa shape index (κ3) is 5.52. The summed E-state index contributed by atoms with van der Waals surface area (Å²) in [7, 11) is 1.48. The summed E-state index contributed by atoms with van der Waals surface area (Å²) < 4.78 is 0. The van der Waals surface area contributed by atoms with Crippen LogP contribution in [-0.4, -0.2) is 77.0 Å². The number of hydrogen-bond donors (Lipinski definition) is 3. The Balaban J connectivity index is 4.18. The molecule has 0 rings (SSSR count). The number of amides is 2. The SMILES string of the molecule is CN(CCC(=O)O)C(=O)N(CCO)CCO. The van der Waals surface area contributed by atoms with Crippen molar-refractivity contribution in [3.05, 3.63) is 0 Å². The fraction of sp³-hybridized carbons (Fsp3) is 0.778. The van der Waals surface area contributed by atoms with Gasteiger partial charge in [-0.1, -0.05) is 0 Å². The minimum Gasteiger partial charge on any atom is -0.481 e. The summed E-state index contributed by atoms with van der Waals surface area (Å²) in [5.41, 5.74) is 0. The number of aliphatic hydroxyl groups excluding tert-OH is 2. The van der Waals surface area contributed by atoms with E-state index in [1.165, 1.54) is 16.8 Å². The zero-order chi connectivity index (χ0) is 12.6. The molecule has 0 aliphatic rings. The Labute approximate surface area is 93.9 Å². The van der Waals surface area contributed by atoms with Gasteiger partial charge in [-0.3, -0.25) is 4.79 Å². The molecule has 0 bridgehead atoms. The van der Waals surface area contributed by atoms with E-state index in [2.05, 4.69) is 0 Å². The van der Waals surface area contributed by atoms with Gasteiger partial charge < -0.3 is 25.1 Å². The molecule has 0 saturated carbocycles. The number of carboxylic acids is 1. The summed E-state index contributed by atoms with van der Waals surface area (Å²) >= 11 is 0. The molecular weight excluding hydrogens is 216 g/mol. The van der Waals surface area contributed by atoms with Gasteiger partial charge in [0, 0.05) is 26.7 Å². The molecule has 0 aromatic rings. The first-order valence-corrected chi connectivity index (χ1v) is 4.96. The van der Waals surface area contributed by atoms with Crippen molar-refractivity contribution < 1.29 is 24.9 Å². The zero-order valence-corrected chi connectivity index (χ0v) is 9.30. The van der Waals surface area contributed by atoms with Crippen molar-refractivity contribution in [2.24, 2.45) is 0 Å². The lowest BCUT2D eigenvalue weighted by Gasteiger charge is -2.26. The van der Waals surface area contributed by atoms with Gasteiger partial charge in [-0.25, -0.2) is 4.79 Å². The molecular formula is C9H18N2O5. The Morgan fingerprint density at radius 1 is 1.06 bits per heavy atom. The van der Waals surface area contributed by atoms with Gasteiger partial charge in [0.2, 0.25) is 0 Å². The van der Waals surface area contributed by atoms with Crippen LogP contribution in [-0.2, 0) is 4.79 Å². The topological polar surface area (TPSA) is 101 Å². The minimum absolute atomic E-state index is 0.0987. The number of nitrogens with zero attached hydrogens (tertiary/aromatic N) is 2. The van der Waals surface area contributed by atoms with Crippen LogP contribution in [0.1, 0.15) is 6.42 Å². The molecule has 3 N–H and O–H groups in total.